The first-order valence-corrected chi connectivity index (χ1v) is 7.02. The van der Waals surface area contributed by atoms with E-state index in [1.54, 1.807) is 0 Å². The van der Waals surface area contributed by atoms with E-state index in [1.807, 2.05) is 4.90 Å². The molecule has 110 valence electrons. The highest BCUT2D eigenvalue weighted by Gasteiger charge is 2.27. The van der Waals surface area contributed by atoms with Crippen LogP contribution in [0, 0.1) is 5.82 Å². The molecule has 0 saturated heterocycles. The Morgan fingerprint density at radius 2 is 2.15 bits per heavy atom. The highest BCUT2D eigenvalue weighted by Crippen LogP contribution is 2.26. The van der Waals surface area contributed by atoms with Crippen LogP contribution in [0.25, 0.3) is 0 Å². The Balaban J connectivity index is 2.22. The van der Waals surface area contributed by atoms with Crippen molar-refractivity contribution in [1.82, 2.24) is 4.90 Å². The summed E-state index contributed by atoms with van der Waals surface area (Å²) >= 11 is 0. The number of halogens is 1. The van der Waals surface area contributed by atoms with E-state index in [2.05, 4.69) is 0 Å². The van der Waals surface area contributed by atoms with Gasteiger partial charge in [-0.25, -0.2) is 4.39 Å². The van der Waals surface area contributed by atoms with Crippen LogP contribution >= 0.6 is 0 Å². The van der Waals surface area contributed by atoms with Gasteiger partial charge in [-0.15, -0.1) is 0 Å². The molecule has 0 spiro atoms. The maximum absolute atomic E-state index is 13.4. The molecule has 1 aromatic carbocycles. The summed E-state index contributed by atoms with van der Waals surface area (Å²) in [6.07, 6.45) is 4.33. The number of methoxy groups -OCH3 is 1. The fraction of sp³-hybridized carbons (Fsp3) is 0.533. The lowest BCUT2D eigenvalue weighted by Gasteiger charge is -2.28. The molecule has 0 aliphatic heterocycles. The number of hydrogen-bond acceptors (Lipinski definition) is 3. The molecule has 20 heavy (non-hydrogen) atoms. The average Bonchev–Trinajstić information content (AvgIpc) is 2.98. The molecule has 1 fully saturated rings. The largest absolute Gasteiger partial charge is 0.494 e. The van der Waals surface area contributed by atoms with Crippen LogP contribution in [0.2, 0.25) is 0 Å². The monoisotopic (exact) mass is 280 g/mol. The van der Waals surface area contributed by atoms with Crippen LogP contribution in [0.1, 0.15) is 36.0 Å². The van der Waals surface area contributed by atoms with Gasteiger partial charge in [0.05, 0.1) is 7.11 Å². The average molecular weight is 280 g/mol. The third-order valence-electron chi connectivity index (χ3n) is 3.79. The molecule has 1 amide bonds. The van der Waals surface area contributed by atoms with Crippen LogP contribution in [-0.4, -0.2) is 37.0 Å². The second-order valence-electron chi connectivity index (χ2n) is 5.07. The molecule has 5 heteroatoms. The van der Waals surface area contributed by atoms with Gasteiger partial charge in [-0.05, 0) is 31.0 Å². The minimum absolute atomic E-state index is 0.0926. The molecule has 1 aromatic rings. The summed E-state index contributed by atoms with van der Waals surface area (Å²) in [4.78, 5) is 14.4. The van der Waals surface area contributed by atoms with Crippen LogP contribution in [0.3, 0.4) is 0 Å². The maximum atomic E-state index is 13.4. The number of benzene rings is 1. The number of nitrogens with zero attached hydrogens (tertiary/aromatic N) is 1. The Labute approximate surface area is 118 Å². The molecule has 0 radical (unpaired) electrons. The summed E-state index contributed by atoms with van der Waals surface area (Å²) in [5.74, 6) is -0.467. The van der Waals surface area contributed by atoms with Crippen LogP contribution in [0.5, 0.6) is 5.75 Å². The number of ether oxygens (including phenoxy) is 1. The van der Waals surface area contributed by atoms with Gasteiger partial charge in [0.25, 0.3) is 5.91 Å². The van der Waals surface area contributed by atoms with Gasteiger partial charge in [0.1, 0.15) is 0 Å². The first-order valence-electron chi connectivity index (χ1n) is 7.02. The molecule has 0 aromatic heterocycles. The molecule has 0 bridgehead atoms. The van der Waals surface area contributed by atoms with Crippen LogP contribution in [-0.2, 0) is 0 Å². The molecule has 0 atom stereocenters. The Hall–Kier alpha value is -1.62. The van der Waals surface area contributed by atoms with Crippen molar-refractivity contribution in [3.8, 4) is 5.75 Å². The number of amides is 1. The first-order chi connectivity index (χ1) is 9.67. The van der Waals surface area contributed by atoms with Gasteiger partial charge in [-0.2, -0.15) is 0 Å². The molecule has 1 saturated carbocycles. The number of nitrogens with two attached hydrogens (primary N) is 1. The van der Waals surface area contributed by atoms with Gasteiger partial charge in [0.15, 0.2) is 11.6 Å². The molecule has 1 aliphatic rings. The lowest BCUT2D eigenvalue weighted by Crippen LogP contribution is -2.42. The smallest absolute Gasteiger partial charge is 0.254 e. The van der Waals surface area contributed by atoms with Crippen molar-refractivity contribution in [3.63, 3.8) is 0 Å². The summed E-state index contributed by atoms with van der Waals surface area (Å²) in [7, 11) is 1.39. The van der Waals surface area contributed by atoms with E-state index in [1.165, 1.54) is 25.3 Å². The van der Waals surface area contributed by atoms with E-state index >= 15 is 0 Å². The van der Waals surface area contributed by atoms with Crippen molar-refractivity contribution in [2.75, 3.05) is 20.2 Å². The number of carbonyl (C=O) groups is 1. The zero-order valence-electron chi connectivity index (χ0n) is 11.8. The van der Waals surface area contributed by atoms with E-state index in [9.17, 15) is 9.18 Å². The van der Waals surface area contributed by atoms with Crippen molar-refractivity contribution in [2.45, 2.75) is 31.7 Å². The molecule has 0 unspecified atom stereocenters. The molecular weight excluding hydrogens is 259 g/mol. The van der Waals surface area contributed by atoms with E-state index in [-0.39, 0.29) is 17.7 Å². The van der Waals surface area contributed by atoms with Crippen molar-refractivity contribution in [3.05, 3.63) is 29.6 Å². The number of hydrogen-bond donors (Lipinski definition) is 1. The van der Waals surface area contributed by atoms with Gasteiger partial charge < -0.3 is 15.4 Å². The Bertz CT molecular complexity index is 473. The quantitative estimate of drug-likeness (QED) is 0.899. The number of rotatable bonds is 5. The molecule has 2 rings (SSSR count). The normalized spacial score (nSPS) is 15.3. The molecule has 4 nitrogen and oxygen atoms in total. The predicted octanol–water partition coefficient (Wildman–Crippen LogP) is 2.18. The van der Waals surface area contributed by atoms with Gasteiger partial charge in [-0.3, -0.25) is 4.79 Å². The fourth-order valence-corrected chi connectivity index (χ4v) is 2.76. The Kier molecular flexibility index (Phi) is 4.95. The second kappa shape index (κ2) is 6.70. The van der Waals surface area contributed by atoms with E-state index in [0.717, 1.165) is 25.7 Å². The Morgan fingerprint density at radius 1 is 1.45 bits per heavy atom. The topological polar surface area (TPSA) is 55.6 Å². The maximum Gasteiger partial charge on any atom is 0.254 e. The van der Waals surface area contributed by atoms with Crippen molar-refractivity contribution in [1.29, 1.82) is 0 Å². The highest BCUT2D eigenvalue weighted by atomic mass is 19.1. The van der Waals surface area contributed by atoms with Gasteiger partial charge in [0.2, 0.25) is 0 Å². The summed E-state index contributed by atoms with van der Waals surface area (Å²) in [6.45, 7) is 0.962. The van der Waals surface area contributed by atoms with Crippen LogP contribution in [0.4, 0.5) is 4.39 Å². The standard InChI is InChI=1S/C15H21FN2O2/c1-20-14-10-11(6-7-13(14)16)15(19)18(9-8-17)12-4-2-3-5-12/h6-7,10,12H,2-5,8-9,17H2,1H3. The van der Waals surface area contributed by atoms with Crippen molar-refractivity contribution >= 4 is 5.91 Å². The van der Waals surface area contributed by atoms with Gasteiger partial charge in [-0.1, -0.05) is 12.8 Å². The lowest BCUT2D eigenvalue weighted by atomic mass is 10.1. The van der Waals surface area contributed by atoms with E-state index < -0.39 is 5.82 Å². The van der Waals surface area contributed by atoms with Crippen LogP contribution < -0.4 is 10.5 Å². The lowest BCUT2D eigenvalue weighted by molar-refractivity contribution is 0.0687. The SMILES string of the molecule is COc1cc(C(=O)N(CCN)C2CCCC2)ccc1F. The third kappa shape index (κ3) is 3.10. The predicted molar refractivity (Wildman–Crippen MR) is 75.3 cm³/mol. The van der Waals surface area contributed by atoms with Gasteiger partial charge in [0, 0.05) is 24.7 Å². The molecule has 0 heterocycles. The van der Waals surface area contributed by atoms with Crippen LogP contribution in [0.15, 0.2) is 18.2 Å². The third-order valence-corrected chi connectivity index (χ3v) is 3.79. The van der Waals surface area contributed by atoms with E-state index in [0.29, 0.717) is 18.7 Å². The minimum atomic E-state index is -0.463. The first kappa shape index (κ1) is 14.8. The highest BCUT2D eigenvalue weighted by molar-refractivity contribution is 5.94. The minimum Gasteiger partial charge on any atom is -0.494 e. The second-order valence-corrected chi connectivity index (χ2v) is 5.07. The molecular formula is C15H21FN2O2. The fourth-order valence-electron chi connectivity index (χ4n) is 2.76. The zero-order chi connectivity index (χ0) is 14.5. The summed E-state index contributed by atoms with van der Waals surface area (Å²) in [5.41, 5.74) is 6.06. The zero-order valence-corrected chi connectivity index (χ0v) is 11.8. The molecule has 2 N–H and O–H groups in total. The van der Waals surface area contributed by atoms with Crippen molar-refractivity contribution in [2.24, 2.45) is 5.73 Å². The number of carbonyl (C=O) groups excluding carboxylic acids is 1. The van der Waals surface area contributed by atoms with E-state index in [4.69, 9.17) is 10.5 Å². The van der Waals surface area contributed by atoms with Gasteiger partial charge >= 0.3 is 0 Å². The summed E-state index contributed by atoms with van der Waals surface area (Å²) in [6, 6.07) is 4.47. The summed E-state index contributed by atoms with van der Waals surface area (Å²) in [5, 5.41) is 0. The molecule has 1 aliphatic carbocycles. The Morgan fingerprint density at radius 3 is 2.75 bits per heavy atom. The van der Waals surface area contributed by atoms with Crippen molar-refractivity contribution < 1.29 is 13.9 Å². The summed E-state index contributed by atoms with van der Waals surface area (Å²) < 4.78 is 18.3.